The lowest BCUT2D eigenvalue weighted by atomic mass is 10.2. The van der Waals surface area contributed by atoms with Crippen LogP contribution in [0.3, 0.4) is 0 Å². The molecule has 0 amide bonds. The Balaban J connectivity index is 2.42. The monoisotopic (exact) mass is 334 g/mol. The summed E-state index contributed by atoms with van der Waals surface area (Å²) in [5.41, 5.74) is 7.54. The van der Waals surface area contributed by atoms with Gasteiger partial charge in [0.2, 0.25) is 0 Å². The Kier molecular flexibility index (Phi) is 5.54. The Morgan fingerprint density at radius 2 is 2.31 bits per heavy atom. The maximum Gasteiger partial charge on any atom is 0.319 e. The number of hydrogen-bond donors (Lipinski definition) is 2. The van der Waals surface area contributed by atoms with E-state index in [0.29, 0.717) is 13.2 Å². The second-order valence-corrected chi connectivity index (χ2v) is 4.50. The van der Waals surface area contributed by atoms with Crippen molar-refractivity contribution >= 4 is 34.2 Å². The molecule has 0 saturated carbocycles. The van der Waals surface area contributed by atoms with Crippen LogP contribution in [0.25, 0.3) is 0 Å². The van der Waals surface area contributed by atoms with Crippen molar-refractivity contribution in [2.75, 3.05) is 18.9 Å². The zero-order chi connectivity index (χ0) is 12.0. The topological polar surface area (TPSA) is 64.3 Å². The lowest BCUT2D eigenvalue weighted by Gasteiger charge is -2.07. The number of nitrogens with one attached hydrogen (secondary N) is 1. The minimum absolute atomic E-state index is 0.207. The molecule has 0 bridgehead atoms. The van der Waals surface area contributed by atoms with Crippen LogP contribution in [0.4, 0.5) is 5.69 Å². The van der Waals surface area contributed by atoms with Gasteiger partial charge in [-0.25, -0.2) is 0 Å². The van der Waals surface area contributed by atoms with E-state index in [9.17, 15) is 4.79 Å². The van der Waals surface area contributed by atoms with Crippen molar-refractivity contribution in [3.8, 4) is 0 Å². The number of esters is 1. The molecule has 0 radical (unpaired) electrons. The van der Waals surface area contributed by atoms with Crippen molar-refractivity contribution in [3.63, 3.8) is 0 Å². The number of anilines is 1. The van der Waals surface area contributed by atoms with Gasteiger partial charge in [0.05, 0.1) is 13.2 Å². The van der Waals surface area contributed by atoms with Gasteiger partial charge in [0.25, 0.3) is 0 Å². The predicted octanol–water partition coefficient (Wildman–Crippen LogP) is 1.53. The summed E-state index contributed by atoms with van der Waals surface area (Å²) in [7, 11) is 0. The number of rotatable bonds is 5. The van der Waals surface area contributed by atoms with Crippen molar-refractivity contribution in [2.45, 2.75) is 13.5 Å². The van der Waals surface area contributed by atoms with Crippen LogP contribution in [0.2, 0.25) is 0 Å². The fourth-order valence-electron chi connectivity index (χ4n) is 1.24. The molecule has 88 valence electrons. The fraction of sp³-hybridized carbons (Fsp3) is 0.364. The van der Waals surface area contributed by atoms with Crippen LogP contribution in [0, 0.1) is 3.57 Å². The van der Waals surface area contributed by atoms with Gasteiger partial charge in [-0.3, -0.25) is 4.79 Å². The molecule has 0 atom stereocenters. The number of carbonyl (C=O) groups excluding carboxylic acids is 1. The van der Waals surface area contributed by atoms with E-state index in [1.807, 2.05) is 18.2 Å². The van der Waals surface area contributed by atoms with E-state index in [1.165, 1.54) is 0 Å². The highest BCUT2D eigenvalue weighted by Crippen LogP contribution is 2.15. The molecule has 0 spiro atoms. The highest BCUT2D eigenvalue weighted by Gasteiger charge is 2.03. The molecule has 0 saturated heterocycles. The van der Waals surface area contributed by atoms with Crippen molar-refractivity contribution in [2.24, 2.45) is 0 Å². The number of benzene rings is 1. The third-order valence-electron chi connectivity index (χ3n) is 2.00. The van der Waals surface area contributed by atoms with Gasteiger partial charge in [-0.05, 0) is 53.3 Å². The number of ether oxygens (including phenoxy) is 1. The smallest absolute Gasteiger partial charge is 0.319 e. The van der Waals surface area contributed by atoms with E-state index in [0.717, 1.165) is 14.8 Å². The Labute approximate surface area is 109 Å². The SMILES string of the molecule is CCOC(=O)CNCc1cc(I)ccc1N. The Hall–Kier alpha value is -0.820. The van der Waals surface area contributed by atoms with E-state index in [2.05, 4.69) is 27.9 Å². The summed E-state index contributed by atoms with van der Waals surface area (Å²) in [5.74, 6) is -0.244. The summed E-state index contributed by atoms with van der Waals surface area (Å²) in [4.78, 5) is 11.1. The van der Waals surface area contributed by atoms with Gasteiger partial charge < -0.3 is 15.8 Å². The molecule has 4 nitrogen and oxygen atoms in total. The summed E-state index contributed by atoms with van der Waals surface area (Å²) in [6, 6.07) is 5.81. The largest absolute Gasteiger partial charge is 0.465 e. The standard InChI is InChI=1S/C11H15IN2O2/c1-2-16-11(15)7-14-6-8-5-9(12)3-4-10(8)13/h3-5,14H,2,6-7,13H2,1H3. The lowest BCUT2D eigenvalue weighted by molar-refractivity contribution is -0.142. The molecule has 1 rings (SSSR count). The normalized spacial score (nSPS) is 10.1. The van der Waals surface area contributed by atoms with E-state index < -0.39 is 0 Å². The molecule has 1 aromatic carbocycles. The van der Waals surface area contributed by atoms with Gasteiger partial charge in [0.15, 0.2) is 0 Å². The number of halogens is 1. The molecular weight excluding hydrogens is 319 g/mol. The third-order valence-corrected chi connectivity index (χ3v) is 2.67. The first-order valence-electron chi connectivity index (χ1n) is 5.03. The predicted molar refractivity (Wildman–Crippen MR) is 71.9 cm³/mol. The van der Waals surface area contributed by atoms with E-state index in [1.54, 1.807) is 6.92 Å². The minimum Gasteiger partial charge on any atom is -0.465 e. The third kappa shape index (κ3) is 4.36. The van der Waals surface area contributed by atoms with Crippen molar-refractivity contribution in [1.29, 1.82) is 0 Å². The highest BCUT2D eigenvalue weighted by molar-refractivity contribution is 14.1. The second kappa shape index (κ2) is 6.70. The lowest BCUT2D eigenvalue weighted by Crippen LogP contribution is -2.24. The first-order valence-corrected chi connectivity index (χ1v) is 6.11. The minimum atomic E-state index is -0.244. The molecule has 16 heavy (non-hydrogen) atoms. The summed E-state index contributed by atoms with van der Waals surface area (Å²) in [6.45, 7) is 2.97. The van der Waals surface area contributed by atoms with Crippen LogP contribution in [-0.2, 0) is 16.1 Å². The Morgan fingerprint density at radius 3 is 3.00 bits per heavy atom. The first-order chi connectivity index (χ1) is 7.63. The highest BCUT2D eigenvalue weighted by atomic mass is 127. The molecule has 1 aromatic rings. The van der Waals surface area contributed by atoms with Gasteiger partial charge in [-0.2, -0.15) is 0 Å². The molecule has 0 aliphatic rings. The number of nitrogen functional groups attached to an aromatic ring is 1. The average molecular weight is 334 g/mol. The van der Waals surface area contributed by atoms with Crippen LogP contribution in [0.1, 0.15) is 12.5 Å². The Morgan fingerprint density at radius 1 is 1.56 bits per heavy atom. The number of nitrogens with two attached hydrogens (primary N) is 1. The van der Waals surface area contributed by atoms with Crippen LogP contribution in [0.5, 0.6) is 0 Å². The molecule has 0 aliphatic heterocycles. The Bertz CT molecular complexity index is 369. The van der Waals surface area contributed by atoms with Gasteiger partial charge in [-0.15, -0.1) is 0 Å². The molecule has 0 aromatic heterocycles. The van der Waals surface area contributed by atoms with Gasteiger partial charge in [-0.1, -0.05) is 0 Å². The second-order valence-electron chi connectivity index (χ2n) is 3.25. The number of hydrogen-bond acceptors (Lipinski definition) is 4. The maximum absolute atomic E-state index is 11.1. The van der Waals surface area contributed by atoms with Crippen LogP contribution < -0.4 is 11.1 Å². The summed E-state index contributed by atoms with van der Waals surface area (Å²) >= 11 is 2.23. The van der Waals surface area contributed by atoms with Gasteiger partial charge in [0.1, 0.15) is 0 Å². The molecule has 0 fully saturated rings. The quantitative estimate of drug-likeness (QED) is 0.487. The fourth-order valence-corrected chi connectivity index (χ4v) is 1.79. The molecule has 0 heterocycles. The van der Waals surface area contributed by atoms with E-state index >= 15 is 0 Å². The van der Waals surface area contributed by atoms with Gasteiger partial charge in [0, 0.05) is 15.8 Å². The van der Waals surface area contributed by atoms with Crippen molar-refractivity contribution < 1.29 is 9.53 Å². The van der Waals surface area contributed by atoms with E-state index in [4.69, 9.17) is 10.5 Å². The molecule has 5 heteroatoms. The van der Waals surface area contributed by atoms with Crippen LogP contribution in [0.15, 0.2) is 18.2 Å². The van der Waals surface area contributed by atoms with Crippen molar-refractivity contribution in [1.82, 2.24) is 5.32 Å². The molecule has 0 unspecified atom stereocenters. The van der Waals surface area contributed by atoms with E-state index in [-0.39, 0.29) is 12.5 Å². The molecule has 0 aliphatic carbocycles. The summed E-state index contributed by atoms with van der Waals surface area (Å²) in [5, 5.41) is 3.00. The average Bonchev–Trinajstić information content (AvgIpc) is 2.23. The maximum atomic E-state index is 11.1. The van der Waals surface area contributed by atoms with Crippen LogP contribution >= 0.6 is 22.6 Å². The zero-order valence-corrected chi connectivity index (χ0v) is 11.3. The first kappa shape index (κ1) is 13.2. The molecule has 3 N–H and O–H groups in total. The number of carbonyl (C=O) groups is 1. The van der Waals surface area contributed by atoms with Gasteiger partial charge >= 0.3 is 5.97 Å². The summed E-state index contributed by atoms with van der Waals surface area (Å²) < 4.78 is 5.92. The van der Waals surface area contributed by atoms with Crippen LogP contribution in [-0.4, -0.2) is 19.1 Å². The summed E-state index contributed by atoms with van der Waals surface area (Å²) in [6.07, 6.45) is 0. The zero-order valence-electron chi connectivity index (χ0n) is 9.13. The van der Waals surface area contributed by atoms with Crippen molar-refractivity contribution in [3.05, 3.63) is 27.3 Å². The molecular formula is C11H15IN2O2.